The number of methoxy groups -OCH3 is 3. The van der Waals surface area contributed by atoms with Crippen LogP contribution in [-0.2, 0) is 32.1 Å². The summed E-state index contributed by atoms with van der Waals surface area (Å²) >= 11 is 0. The minimum Gasteiger partial charge on any atom is -0.382 e. The van der Waals surface area contributed by atoms with E-state index in [-0.39, 0.29) is 30.2 Å². The standard InChI is InChI=1S/C28H36N4O5/c1-34-19-25(36-3)24(35-2)16-26(37-18-21-8-5-4-6-9-21)31-17-20-11-13-22(14-12-20)28(33)32-23-10-7-15-30-27(23)29/h4-15,24-26,31H,16-19H2,1-3H3,(H2,29,30)(H,32,33). The average Bonchev–Trinajstić information content (AvgIpc) is 2.93. The first-order valence-electron chi connectivity index (χ1n) is 12.1. The summed E-state index contributed by atoms with van der Waals surface area (Å²) in [5, 5.41) is 6.25. The largest absolute Gasteiger partial charge is 0.382 e. The Balaban J connectivity index is 1.63. The minimum absolute atomic E-state index is 0.230. The number of anilines is 2. The quantitative estimate of drug-likeness (QED) is 0.267. The SMILES string of the molecule is COCC(OC)C(CC(NCc1ccc(C(=O)Nc2cccnc2N)cc1)OCc1ccccc1)OC. The Labute approximate surface area is 218 Å². The molecular formula is C28H36N4O5. The zero-order chi connectivity index (χ0) is 26.5. The first kappa shape index (κ1) is 28.2. The van der Waals surface area contributed by atoms with Gasteiger partial charge in [0.05, 0.1) is 25.0 Å². The fourth-order valence-electron chi connectivity index (χ4n) is 3.81. The number of nitrogens with two attached hydrogens (primary N) is 1. The van der Waals surface area contributed by atoms with Crippen LogP contribution < -0.4 is 16.4 Å². The lowest BCUT2D eigenvalue weighted by molar-refractivity contribution is -0.0975. The third kappa shape index (κ3) is 8.92. The molecule has 0 bridgehead atoms. The highest BCUT2D eigenvalue weighted by molar-refractivity contribution is 6.05. The second-order valence-corrected chi connectivity index (χ2v) is 8.49. The van der Waals surface area contributed by atoms with Crippen molar-refractivity contribution in [3.05, 3.63) is 89.6 Å². The Morgan fingerprint density at radius 3 is 2.30 bits per heavy atom. The minimum atomic E-state index is -0.309. The summed E-state index contributed by atoms with van der Waals surface area (Å²) in [6.07, 6.45) is 1.36. The van der Waals surface area contributed by atoms with E-state index >= 15 is 0 Å². The van der Waals surface area contributed by atoms with E-state index in [0.29, 0.717) is 37.4 Å². The van der Waals surface area contributed by atoms with Crippen molar-refractivity contribution in [2.75, 3.05) is 39.0 Å². The molecule has 37 heavy (non-hydrogen) atoms. The number of nitrogens with zero attached hydrogens (tertiary/aromatic N) is 1. The summed E-state index contributed by atoms with van der Waals surface area (Å²) in [6, 6.07) is 20.8. The van der Waals surface area contributed by atoms with Crippen molar-refractivity contribution < 1.29 is 23.7 Å². The number of nitrogen functional groups attached to an aromatic ring is 1. The number of ether oxygens (including phenoxy) is 4. The third-order valence-electron chi connectivity index (χ3n) is 5.93. The second-order valence-electron chi connectivity index (χ2n) is 8.49. The van der Waals surface area contributed by atoms with Crippen LogP contribution in [0.5, 0.6) is 0 Å². The predicted octanol–water partition coefficient (Wildman–Crippen LogP) is 3.62. The van der Waals surface area contributed by atoms with Crippen LogP contribution in [0, 0.1) is 0 Å². The molecule has 0 saturated heterocycles. The van der Waals surface area contributed by atoms with Crippen LogP contribution in [0.4, 0.5) is 11.5 Å². The molecule has 3 rings (SSSR count). The van der Waals surface area contributed by atoms with Gasteiger partial charge in [-0.2, -0.15) is 0 Å². The van der Waals surface area contributed by atoms with Crippen LogP contribution in [0.15, 0.2) is 72.9 Å². The Morgan fingerprint density at radius 2 is 1.65 bits per heavy atom. The van der Waals surface area contributed by atoms with E-state index < -0.39 is 0 Å². The van der Waals surface area contributed by atoms with Gasteiger partial charge in [0.15, 0.2) is 0 Å². The average molecular weight is 509 g/mol. The Kier molecular flexibility index (Phi) is 11.5. The summed E-state index contributed by atoms with van der Waals surface area (Å²) < 4.78 is 22.8. The van der Waals surface area contributed by atoms with Gasteiger partial charge < -0.3 is 30.0 Å². The number of amides is 1. The van der Waals surface area contributed by atoms with Crippen LogP contribution in [-0.4, -0.2) is 57.3 Å². The summed E-state index contributed by atoms with van der Waals surface area (Å²) in [4.78, 5) is 16.6. The molecule has 1 aromatic heterocycles. The van der Waals surface area contributed by atoms with Crippen LogP contribution in [0.1, 0.15) is 27.9 Å². The van der Waals surface area contributed by atoms with Crippen molar-refractivity contribution in [3.8, 4) is 0 Å². The molecule has 0 aliphatic carbocycles. The van der Waals surface area contributed by atoms with Crippen molar-refractivity contribution in [1.29, 1.82) is 0 Å². The Morgan fingerprint density at radius 1 is 0.919 bits per heavy atom. The number of rotatable bonds is 15. The lowest BCUT2D eigenvalue weighted by atomic mass is 10.1. The number of benzene rings is 2. The molecule has 0 radical (unpaired) electrons. The van der Waals surface area contributed by atoms with Gasteiger partial charge in [-0.1, -0.05) is 42.5 Å². The van der Waals surface area contributed by atoms with E-state index in [9.17, 15) is 4.79 Å². The molecule has 198 valence electrons. The van der Waals surface area contributed by atoms with E-state index in [0.717, 1.165) is 11.1 Å². The zero-order valence-electron chi connectivity index (χ0n) is 21.6. The molecule has 4 N–H and O–H groups in total. The van der Waals surface area contributed by atoms with E-state index in [1.807, 2.05) is 42.5 Å². The van der Waals surface area contributed by atoms with Crippen molar-refractivity contribution in [2.24, 2.45) is 0 Å². The van der Waals surface area contributed by atoms with Crippen LogP contribution >= 0.6 is 0 Å². The molecule has 0 spiro atoms. The van der Waals surface area contributed by atoms with E-state index in [1.165, 1.54) is 0 Å². The zero-order valence-corrected chi connectivity index (χ0v) is 21.6. The van der Waals surface area contributed by atoms with E-state index in [1.54, 1.807) is 51.8 Å². The Bertz CT molecular complexity index is 1080. The fourth-order valence-corrected chi connectivity index (χ4v) is 3.81. The first-order chi connectivity index (χ1) is 18.0. The fraction of sp³-hybridized carbons (Fsp3) is 0.357. The molecule has 0 aliphatic rings. The molecule has 3 atom stereocenters. The molecule has 1 amide bonds. The van der Waals surface area contributed by atoms with Gasteiger partial charge in [-0.05, 0) is 35.4 Å². The van der Waals surface area contributed by atoms with Gasteiger partial charge >= 0.3 is 0 Å². The smallest absolute Gasteiger partial charge is 0.255 e. The molecule has 3 unspecified atom stereocenters. The van der Waals surface area contributed by atoms with Crippen molar-refractivity contribution >= 4 is 17.4 Å². The maximum Gasteiger partial charge on any atom is 0.255 e. The van der Waals surface area contributed by atoms with Crippen molar-refractivity contribution in [3.63, 3.8) is 0 Å². The van der Waals surface area contributed by atoms with Gasteiger partial charge in [0.2, 0.25) is 0 Å². The number of hydrogen-bond acceptors (Lipinski definition) is 8. The topological polar surface area (TPSA) is 117 Å². The van der Waals surface area contributed by atoms with Crippen molar-refractivity contribution in [1.82, 2.24) is 10.3 Å². The monoisotopic (exact) mass is 508 g/mol. The lowest BCUT2D eigenvalue weighted by Crippen LogP contribution is -2.41. The number of hydrogen-bond donors (Lipinski definition) is 3. The molecule has 3 aromatic rings. The van der Waals surface area contributed by atoms with Gasteiger partial charge in [-0.3, -0.25) is 10.1 Å². The van der Waals surface area contributed by atoms with E-state index in [2.05, 4.69) is 15.6 Å². The number of carbonyl (C=O) groups is 1. The summed E-state index contributed by atoms with van der Waals surface area (Å²) in [7, 11) is 4.93. The number of aromatic nitrogens is 1. The number of pyridine rings is 1. The number of carbonyl (C=O) groups excluding carboxylic acids is 1. The summed E-state index contributed by atoms with van der Waals surface area (Å²) in [5.41, 5.74) is 8.89. The second kappa shape index (κ2) is 15.0. The molecular weight excluding hydrogens is 472 g/mol. The molecule has 0 fully saturated rings. The predicted molar refractivity (Wildman–Crippen MR) is 143 cm³/mol. The molecule has 2 aromatic carbocycles. The van der Waals surface area contributed by atoms with Gasteiger partial charge in [-0.15, -0.1) is 0 Å². The maximum absolute atomic E-state index is 12.6. The molecule has 1 heterocycles. The van der Waals surface area contributed by atoms with Gasteiger partial charge in [-0.25, -0.2) is 4.98 Å². The highest BCUT2D eigenvalue weighted by Gasteiger charge is 2.25. The normalized spacial score (nSPS) is 13.6. The third-order valence-corrected chi connectivity index (χ3v) is 5.93. The summed E-state index contributed by atoms with van der Waals surface area (Å²) in [6.45, 7) is 1.40. The molecule has 0 aliphatic heterocycles. The van der Waals surface area contributed by atoms with Crippen LogP contribution in [0.3, 0.4) is 0 Å². The highest BCUT2D eigenvalue weighted by Crippen LogP contribution is 2.17. The van der Waals surface area contributed by atoms with Gasteiger partial charge in [0.25, 0.3) is 5.91 Å². The van der Waals surface area contributed by atoms with Crippen molar-refractivity contribution in [2.45, 2.75) is 38.0 Å². The van der Waals surface area contributed by atoms with Crippen LogP contribution in [0.2, 0.25) is 0 Å². The molecule has 0 saturated carbocycles. The Hall–Kier alpha value is -3.34. The first-order valence-corrected chi connectivity index (χ1v) is 12.1. The maximum atomic E-state index is 12.6. The highest BCUT2D eigenvalue weighted by atomic mass is 16.6. The van der Waals surface area contributed by atoms with Gasteiger partial charge in [0, 0.05) is 46.1 Å². The lowest BCUT2D eigenvalue weighted by Gasteiger charge is -2.29. The van der Waals surface area contributed by atoms with Gasteiger partial charge in [0.1, 0.15) is 18.1 Å². The number of nitrogens with one attached hydrogen (secondary N) is 2. The molecule has 9 nitrogen and oxygen atoms in total. The molecule has 9 heteroatoms. The summed E-state index contributed by atoms with van der Waals surface area (Å²) in [5.74, 6) is 0.0174. The van der Waals surface area contributed by atoms with Crippen LogP contribution in [0.25, 0.3) is 0 Å². The van der Waals surface area contributed by atoms with E-state index in [4.69, 9.17) is 24.7 Å².